The number of likely N-dealkylation sites (N-methyl/N-ethyl adjacent to an activating group) is 1. The lowest BCUT2D eigenvalue weighted by Gasteiger charge is -2.37. The summed E-state index contributed by atoms with van der Waals surface area (Å²) in [5, 5.41) is 16.8. The second kappa shape index (κ2) is 25.2. The summed E-state index contributed by atoms with van der Waals surface area (Å²) in [6, 6.07) is 17.1. The van der Waals surface area contributed by atoms with Crippen LogP contribution in [0.5, 0.6) is 5.75 Å². The number of aromatic nitrogens is 1. The lowest BCUT2D eigenvalue weighted by Crippen LogP contribution is -2.62. The maximum Gasteiger partial charge on any atom is 0.324 e. The molecule has 0 unspecified atom stereocenters. The number of hydrogen-bond donors (Lipinski definition) is 3. The molecule has 18 heteroatoms. The van der Waals surface area contributed by atoms with Gasteiger partial charge in [-0.05, 0) is 97.0 Å². The van der Waals surface area contributed by atoms with Gasteiger partial charge in [0.05, 0.1) is 24.8 Å². The number of carbonyl (C=O) groups is 5. The molecular weight excluding hydrogens is 953 g/mol. The number of benzene rings is 3. The molecule has 0 radical (unpaired) electrons. The third kappa shape index (κ3) is 13.2. The largest absolute Gasteiger partial charge is 0.508 e. The van der Waals surface area contributed by atoms with Gasteiger partial charge < -0.3 is 34.3 Å². The highest BCUT2D eigenvalue weighted by Crippen LogP contribution is 2.41. The number of carbonyl (C=O) groups excluding carboxylic acids is 5. The monoisotopic (exact) mass is 1030 g/mol. The minimum absolute atomic E-state index is 0. The Hall–Kier alpha value is -4.33. The maximum atomic E-state index is 14.7. The van der Waals surface area contributed by atoms with E-state index in [1.807, 2.05) is 26.0 Å². The highest BCUT2D eigenvalue weighted by molar-refractivity contribution is 7.59. The fraction of sp³-hybridized carbons (Fsp3) is 0.510. The van der Waals surface area contributed by atoms with E-state index in [0.29, 0.717) is 50.9 Å². The highest BCUT2D eigenvalue weighted by Gasteiger charge is 2.40. The smallest absolute Gasteiger partial charge is 0.324 e. The van der Waals surface area contributed by atoms with E-state index in [4.69, 9.17) is 9.47 Å². The van der Waals surface area contributed by atoms with Gasteiger partial charge >= 0.3 is 5.97 Å². The molecule has 0 aliphatic carbocycles. The zero-order chi connectivity index (χ0) is 46.7. The van der Waals surface area contributed by atoms with Gasteiger partial charge in [-0.2, -0.15) is 54.0 Å². The van der Waals surface area contributed by atoms with Crippen molar-refractivity contribution >= 4 is 94.5 Å². The van der Waals surface area contributed by atoms with E-state index in [1.54, 1.807) is 31.2 Å². The summed E-state index contributed by atoms with van der Waals surface area (Å²) in [5.41, 5.74) is 10.4. The minimum Gasteiger partial charge on any atom is -0.508 e. The van der Waals surface area contributed by atoms with Crippen LogP contribution < -0.4 is 10.7 Å². The van der Waals surface area contributed by atoms with Crippen LogP contribution in [-0.2, 0) is 59.3 Å². The van der Waals surface area contributed by atoms with Crippen molar-refractivity contribution < 1.29 is 38.6 Å². The average molecular weight is 1030 g/mol. The number of likely N-dealkylation sites (tertiary alicyclic amines) is 1. The molecule has 4 atom stereocenters. The van der Waals surface area contributed by atoms with Crippen LogP contribution in [0.2, 0.25) is 0 Å². The van der Waals surface area contributed by atoms with Crippen LogP contribution in [0.1, 0.15) is 77.5 Å². The van der Waals surface area contributed by atoms with Crippen molar-refractivity contribution in [2.24, 2.45) is 17.3 Å². The van der Waals surface area contributed by atoms with E-state index in [9.17, 15) is 29.1 Å². The van der Waals surface area contributed by atoms with Crippen LogP contribution in [0.3, 0.4) is 0 Å². The summed E-state index contributed by atoms with van der Waals surface area (Å²) >= 11 is 0. The van der Waals surface area contributed by atoms with Crippen molar-refractivity contribution in [3.63, 3.8) is 0 Å². The first-order chi connectivity index (χ1) is 31.0. The van der Waals surface area contributed by atoms with Crippen LogP contribution in [-0.4, -0.2) is 119 Å². The number of methoxy groups -OCH3 is 1. The third-order valence-electron chi connectivity index (χ3n) is 13.3. The Bertz CT molecular complexity index is 2460. The van der Waals surface area contributed by atoms with E-state index in [0.717, 1.165) is 45.3 Å². The van der Waals surface area contributed by atoms with E-state index in [1.165, 1.54) is 22.4 Å². The molecule has 1 aromatic heterocycles. The normalized spacial score (nSPS) is 19.5. The van der Waals surface area contributed by atoms with Crippen molar-refractivity contribution in [3.05, 3.63) is 77.4 Å². The summed E-state index contributed by atoms with van der Waals surface area (Å²) < 4.78 is 14.0. The Balaban J connectivity index is 0.00000315. The molecule has 2 fully saturated rings. The van der Waals surface area contributed by atoms with Gasteiger partial charge in [-0.1, -0.05) is 64.1 Å². The number of esters is 1. The lowest BCUT2D eigenvalue weighted by atomic mass is 9.83. The summed E-state index contributed by atoms with van der Waals surface area (Å²) in [6.07, 6.45) is 2.81. The van der Waals surface area contributed by atoms with Gasteiger partial charge in [0.25, 0.3) is 5.91 Å². The molecular formula is C51H74N6O8S4. The predicted octanol–water partition coefficient (Wildman–Crippen LogP) is 6.34. The SMILES string of the molecule is CCn1c(-c2ccccc2CCOC)c2c3cc(ccc31)-c1cc(O)cc(c1)C[C@H](NC(=O)[C@H](C(C)C)N(C)C(=O)[C@H]1CCN(C(C)=O)C1)C(=O)N1CCC[C@H](N1)C(=O)OCC(C)(C)C2.S.S.S.S. The minimum atomic E-state index is -1.14. The lowest BCUT2D eigenvalue weighted by molar-refractivity contribution is -0.155. The number of ether oxygens (including phenoxy) is 2. The van der Waals surface area contributed by atoms with Crippen LogP contribution in [0.25, 0.3) is 33.3 Å². The van der Waals surface area contributed by atoms with Gasteiger partial charge in [-0.15, -0.1) is 0 Å². The van der Waals surface area contributed by atoms with Crippen molar-refractivity contribution in [1.29, 1.82) is 0 Å². The first-order valence-electron chi connectivity index (χ1n) is 23.1. The molecule has 4 heterocycles. The van der Waals surface area contributed by atoms with Crippen molar-refractivity contribution in [1.82, 2.24) is 30.1 Å². The van der Waals surface area contributed by atoms with E-state index in [-0.39, 0.29) is 104 Å². The molecule has 14 nitrogen and oxygen atoms in total. The Morgan fingerprint density at radius 1 is 0.986 bits per heavy atom. The topological polar surface area (TPSA) is 163 Å². The fourth-order valence-electron chi connectivity index (χ4n) is 10.1. The number of aryl methyl sites for hydroxylation is 1. The Morgan fingerprint density at radius 2 is 1.71 bits per heavy atom. The first kappa shape index (κ1) is 59.0. The zero-order valence-corrected chi connectivity index (χ0v) is 45.2. The second-order valence-electron chi connectivity index (χ2n) is 19.2. The van der Waals surface area contributed by atoms with Gasteiger partial charge in [-0.25, -0.2) is 5.43 Å². The van der Waals surface area contributed by atoms with E-state index in [2.05, 4.69) is 72.5 Å². The number of hydrazine groups is 1. The summed E-state index contributed by atoms with van der Waals surface area (Å²) in [6.45, 7) is 14.0. The summed E-state index contributed by atoms with van der Waals surface area (Å²) in [7, 11) is 3.31. The molecule has 3 aromatic carbocycles. The molecule has 0 spiro atoms. The Morgan fingerprint density at radius 3 is 2.38 bits per heavy atom. The van der Waals surface area contributed by atoms with Crippen LogP contribution in [0, 0.1) is 17.3 Å². The predicted molar refractivity (Wildman–Crippen MR) is 291 cm³/mol. The highest BCUT2D eigenvalue weighted by atomic mass is 32.1. The number of amides is 4. The molecule has 2 saturated heterocycles. The molecule has 6 bridgehead atoms. The second-order valence-corrected chi connectivity index (χ2v) is 19.2. The van der Waals surface area contributed by atoms with Crippen LogP contribution in [0.4, 0.5) is 0 Å². The molecule has 0 saturated carbocycles. The number of fused-ring (bicyclic) bond motifs is 6. The number of rotatable bonds is 10. The quantitative estimate of drug-likeness (QED) is 0.154. The number of cyclic esters (lactones) is 1. The maximum absolute atomic E-state index is 14.7. The molecule has 69 heavy (non-hydrogen) atoms. The van der Waals surface area contributed by atoms with E-state index >= 15 is 0 Å². The van der Waals surface area contributed by atoms with Crippen LogP contribution >= 0.6 is 54.0 Å². The van der Waals surface area contributed by atoms with Crippen molar-refractivity contribution in [3.8, 4) is 28.1 Å². The summed E-state index contributed by atoms with van der Waals surface area (Å²) in [5.74, 6) is -2.54. The van der Waals surface area contributed by atoms with Gasteiger partial charge in [-0.3, -0.25) is 29.0 Å². The number of phenolic OH excluding ortho intramolecular Hbond substituents is 1. The Kier molecular flexibility index (Phi) is 21.5. The molecule has 3 N–H and O–H groups in total. The first-order valence-corrected chi connectivity index (χ1v) is 23.1. The molecule has 7 rings (SSSR count). The van der Waals surface area contributed by atoms with Crippen molar-refractivity contribution in [2.75, 3.05) is 47.0 Å². The van der Waals surface area contributed by atoms with Gasteiger partial charge in [0.1, 0.15) is 23.9 Å². The standard InChI is InChI=1S/C51H66N6O8.4H2S/c1-9-56-44-17-16-35-27-40(44)41(46(56)39-14-11-10-13-34(39)19-22-64-8)28-51(5,6)30-65-50(63)42-15-12-20-57(53-42)49(62)43(25-33-23-37(35)26-38(59)24-33)52-47(60)45(31(2)3)54(7)48(61)36-18-21-55(29-36)32(4)58;;;;/h10-11,13-14,16-17,23-24,26-27,31,36,42-43,45,53,59H,9,12,15,18-22,25,28-30H2,1-8H3,(H,52,60);4*1H2/t36-,42-,43-,45-;;;;/m0..../s1. The molecule has 4 amide bonds. The number of phenols is 1. The van der Waals surface area contributed by atoms with Crippen LogP contribution in [0.15, 0.2) is 60.7 Å². The number of nitrogens with zero attached hydrogens (tertiary/aromatic N) is 4. The summed E-state index contributed by atoms with van der Waals surface area (Å²) in [4.78, 5) is 72.1. The number of hydrogen-bond acceptors (Lipinski definition) is 9. The van der Waals surface area contributed by atoms with Crippen molar-refractivity contribution in [2.45, 2.75) is 105 Å². The van der Waals surface area contributed by atoms with Gasteiger partial charge in [0.2, 0.25) is 17.7 Å². The Labute approximate surface area is 435 Å². The average Bonchev–Trinajstić information content (AvgIpc) is 3.89. The van der Waals surface area contributed by atoms with Gasteiger partial charge in [0, 0.05) is 75.6 Å². The van der Waals surface area contributed by atoms with Gasteiger partial charge in [0.15, 0.2) is 0 Å². The molecule has 3 aliphatic rings. The molecule has 380 valence electrons. The van der Waals surface area contributed by atoms with E-state index < -0.39 is 47.2 Å². The zero-order valence-electron chi connectivity index (χ0n) is 41.2. The molecule has 4 aromatic rings. The number of aromatic hydroxyl groups is 1. The third-order valence-corrected chi connectivity index (χ3v) is 13.3. The molecule has 3 aliphatic heterocycles. The fourth-order valence-corrected chi connectivity index (χ4v) is 10.1. The number of nitrogens with one attached hydrogen (secondary N) is 2.